The van der Waals surface area contributed by atoms with Gasteiger partial charge in [0.1, 0.15) is 0 Å². The molecule has 1 fully saturated rings. The van der Waals surface area contributed by atoms with E-state index in [0.717, 1.165) is 29.5 Å². The van der Waals surface area contributed by atoms with Gasteiger partial charge in [-0.1, -0.05) is 26.8 Å². The number of nitrogens with one attached hydrogen (secondary N) is 2. The zero-order chi connectivity index (χ0) is 22.7. The smallest absolute Gasteiger partial charge is 0.340 e. The van der Waals surface area contributed by atoms with Gasteiger partial charge in [0.25, 0.3) is 0 Å². The number of anilines is 1. The van der Waals surface area contributed by atoms with E-state index in [1.165, 1.54) is 7.11 Å². The second-order valence-electron chi connectivity index (χ2n) is 9.52. The molecule has 2 heterocycles. The third kappa shape index (κ3) is 3.28. The van der Waals surface area contributed by atoms with E-state index < -0.39 is 11.4 Å². The molecule has 7 nitrogen and oxygen atoms in total. The van der Waals surface area contributed by atoms with Crippen LogP contribution in [0.25, 0.3) is 10.9 Å². The van der Waals surface area contributed by atoms with E-state index in [2.05, 4.69) is 31.1 Å². The topological polar surface area (TPSA) is 89.7 Å². The van der Waals surface area contributed by atoms with Gasteiger partial charge >= 0.3 is 5.97 Å². The number of hydrogen-bond donors (Lipinski definition) is 2. The average Bonchev–Trinajstić information content (AvgIpc) is 3.23. The summed E-state index contributed by atoms with van der Waals surface area (Å²) < 4.78 is 15.9. The van der Waals surface area contributed by atoms with Crippen molar-refractivity contribution in [2.75, 3.05) is 19.2 Å². The number of carbonyl (C=O) groups is 2. The number of fused-ring (bicyclic) bond motifs is 2. The van der Waals surface area contributed by atoms with Gasteiger partial charge in [-0.05, 0) is 48.7 Å². The maximum Gasteiger partial charge on any atom is 0.340 e. The molecule has 0 atom stereocenters. The van der Waals surface area contributed by atoms with Crippen LogP contribution in [0.1, 0.15) is 56.7 Å². The van der Waals surface area contributed by atoms with Gasteiger partial charge in [-0.25, -0.2) is 4.79 Å². The molecule has 1 saturated carbocycles. The summed E-state index contributed by atoms with van der Waals surface area (Å²) in [7, 11) is 1.35. The number of carbonyl (C=O) groups excluding carboxylic acids is 2. The number of H-pyrrole nitrogens is 1. The fourth-order valence-electron chi connectivity index (χ4n) is 4.21. The summed E-state index contributed by atoms with van der Waals surface area (Å²) in [6.07, 6.45) is 1.51. The highest BCUT2D eigenvalue weighted by Crippen LogP contribution is 2.51. The number of hydrogen-bond acceptors (Lipinski definition) is 5. The van der Waals surface area contributed by atoms with E-state index in [1.807, 2.05) is 30.3 Å². The molecule has 168 valence electrons. The molecular weight excluding hydrogens is 408 g/mol. The molecule has 0 bridgehead atoms. The lowest BCUT2D eigenvalue weighted by atomic mass is 9.92. The van der Waals surface area contributed by atoms with E-state index in [1.54, 1.807) is 6.07 Å². The molecule has 32 heavy (non-hydrogen) atoms. The molecule has 3 aromatic rings. The van der Waals surface area contributed by atoms with Gasteiger partial charge in [0.2, 0.25) is 12.7 Å². The third-order valence-electron chi connectivity index (χ3n) is 6.31. The van der Waals surface area contributed by atoms with Crippen LogP contribution in [0, 0.1) is 0 Å². The fourth-order valence-corrected chi connectivity index (χ4v) is 4.21. The number of methoxy groups -OCH3 is 1. The van der Waals surface area contributed by atoms with Crippen LogP contribution in [0.2, 0.25) is 0 Å². The monoisotopic (exact) mass is 436 g/mol. The number of rotatable bonds is 4. The summed E-state index contributed by atoms with van der Waals surface area (Å²) >= 11 is 0. The van der Waals surface area contributed by atoms with Crippen LogP contribution in [0.5, 0.6) is 11.5 Å². The fraction of sp³-hybridized carbons (Fsp3) is 0.360. The number of aromatic nitrogens is 1. The first kappa shape index (κ1) is 20.4. The number of ether oxygens (including phenoxy) is 3. The Morgan fingerprint density at radius 3 is 2.53 bits per heavy atom. The number of aromatic amines is 1. The van der Waals surface area contributed by atoms with Crippen LogP contribution in [-0.4, -0.2) is 30.8 Å². The van der Waals surface area contributed by atoms with E-state index in [0.29, 0.717) is 28.3 Å². The molecule has 1 amide bonds. The second kappa shape index (κ2) is 7.02. The van der Waals surface area contributed by atoms with Crippen molar-refractivity contribution in [2.45, 2.75) is 44.4 Å². The average molecular weight is 437 g/mol. The molecule has 0 saturated heterocycles. The molecule has 0 spiro atoms. The molecule has 0 unspecified atom stereocenters. The molecule has 1 aliphatic heterocycles. The first-order valence-corrected chi connectivity index (χ1v) is 10.7. The Labute approximate surface area is 187 Å². The normalized spacial score (nSPS) is 16.1. The Bertz CT molecular complexity index is 1250. The zero-order valence-corrected chi connectivity index (χ0v) is 18.6. The summed E-state index contributed by atoms with van der Waals surface area (Å²) in [6.45, 7) is 6.49. The van der Waals surface area contributed by atoms with Gasteiger partial charge in [0.05, 0.1) is 23.6 Å². The minimum atomic E-state index is -0.601. The number of benzene rings is 2. The van der Waals surface area contributed by atoms with E-state index >= 15 is 0 Å². The van der Waals surface area contributed by atoms with Gasteiger partial charge in [0.15, 0.2) is 11.5 Å². The Balaban J connectivity index is 0.00000259. The molecule has 2 aromatic carbocycles. The van der Waals surface area contributed by atoms with Crippen LogP contribution in [0.4, 0.5) is 5.69 Å². The minimum absolute atomic E-state index is 0. The van der Waals surface area contributed by atoms with Crippen molar-refractivity contribution in [3.05, 3.63) is 53.2 Å². The van der Waals surface area contributed by atoms with Gasteiger partial charge in [-0.15, -0.1) is 0 Å². The van der Waals surface area contributed by atoms with Crippen molar-refractivity contribution in [3.8, 4) is 11.5 Å². The van der Waals surface area contributed by atoms with Gasteiger partial charge in [-0.3, -0.25) is 4.79 Å². The molecule has 2 N–H and O–H groups in total. The van der Waals surface area contributed by atoms with Crippen LogP contribution in [-0.2, 0) is 20.4 Å². The maximum absolute atomic E-state index is 13.3. The Kier molecular flexibility index (Phi) is 4.48. The summed E-state index contributed by atoms with van der Waals surface area (Å²) in [5, 5.41) is 3.89. The van der Waals surface area contributed by atoms with Crippen LogP contribution >= 0.6 is 0 Å². The van der Waals surface area contributed by atoms with Crippen LogP contribution < -0.4 is 14.8 Å². The Morgan fingerprint density at radius 2 is 1.84 bits per heavy atom. The van der Waals surface area contributed by atoms with E-state index in [-0.39, 0.29) is 19.5 Å². The first-order valence-electron chi connectivity index (χ1n) is 10.7. The molecule has 5 rings (SSSR count). The van der Waals surface area contributed by atoms with Gasteiger partial charge in [0, 0.05) is 23.6 Å². The lowest BCUT2D eigenvalue weighted by Gasteiger charge is -2.17. The molecule has 1 aliphatic carbocycles. The quantitative estimate of drug-likeness (QED) is 0.568. The number of amides is 1. The van der Waals surface area contributed by atoms with Crippen molar-refractivity contribution >= 4 is 28.5 Å². The highest BCUT2D eigenvalue weighted by atomic mass is 16.7. The van der Waals surface area contributed by atoms with Crippen molar-refractivity contribution in [2.24, 2.45) is 0 Å². The summed E-state index contributed by atoms with van der Waals surface area (Å²) in [6, 6.07) is 11.2. The third-order valence-corrected chi connectivity index (χ3v) is 6.31. The van der Waals surface area contributed by atoms with E-state index in [4.69, 9.17) is 14.2 Å². The predicted molar refractivity (Wildman–Crippen MR) is 123 cm³/mol. The highest BCUT2D eigenvalue weighted by Gasteiger charge is 2.51. The summed E-state index contributed by atoms with van der Waals surface area (Å²) in [5.74, 6) is 0.807. The molecule has 7 heteroatoms. The second-order valence-corrected chi connectivity index (χ2v) is 9.52. The maximum atomic E-state index is 13.3. The Hall–Kier alpha value is -3.48. The molecule has 0 radical (unpaired) electrons. The SMILES string of the molecule is COC(=O)c1cc(NC(=O)C2(c3ccc4c(c3)OCO4)CC2)cc2cc(C(C)(C)C)[nH]c12.[HH]. The zero-order valence-electron chi connectivity index (χ0n) is 18.6. The summed E-state index contributed by atoms with van der Waals surface area (Å²) in [5.41, 5.74) is 2.85. The van der Waals surface area contributed by atoms with E-state index in [9.17, 15) is 9.59 Å². The molecule has 2 aliphatic rings. The first-order chi connectivity index (χ1) is 15.2. The predicted octanol–water partition coefficient (Wildman–Crippen LogP) is 4.90. The van der Waals surface area contributed by atoms with Crippen LogP contribution in [0.3, 0.4) is 0 Å². The highest BCUT2D eigenvalue weighted by molar-refractivity contribution is 6.08. The van der Waals surface area contributed by atoms with Crippen molar-refractivity contribution in [1.29, 1.82) is 0 Å². The lowest BCUT2D eigenvalue weighted by molar-refractivity contribution is -0.118. The minimum Gasteiger partial charge on any atom is -0.465 e. The van der Waals surface area contributed by atoms with Crippen molar-refractivity contribution < 1.29 is 25.2 Å². The number of esters is 1. The van der Waals surface area contributed by atoms with Gasteiger partial charge < -0.3 is 24.5 Å². The molecular formula is C25H28N2O5. The van der Waals surface area contributed by atoms with Crippen LogP contribution in [0.15, 0.2) is 36.4 Å². The Morgan fingerprint density at radius 1 is 1.09 bits per heavy atom. The summed E-state index contributed by atoms with van der Waals surface area (Å²) in [4.78, 5) is 29.2. The van der Waals surface area contributed by atoms with Gasteiger partial charge in [-0.2, -0.15) is 0 Å². The lowest BCUT2D eigenvalue weighted by Crippen LogP contribution is -2.27. The van der Waals surface area contributed by atoms with Crippen molar-refractivity contribution in [1.82, 2.24) is 4.98 Å². The standard InChI is InChI=1S/C25H26N2O5.H2/c1-24(2,3)20-10-14-9-16(12-17(21(14)27-20)22(28)30-4)26-23(29)25(7-8-25)15-5-6-18-19(11-15)32-13-31-18;/h5-6,9-12,27H,7-8,13H2,1-4H3,(H,26,29);1H. The van der Waals surface area contributed by atoms with Crippen molar-refractivity contribution in [3.63, 3.8) is 0 Å². The largest absolute Gasteiger partial charge is 0.465 e. The molecule has 1 aromatic heterocycles.